The predicted molar refractivity (Wildman–Crippen MR) is 330 cm³/mol. The second kappa shape index (κ2) is 65.2. The largest absolute Gasteiger partial charge is 0.462 e. The number of rotatable bonds is 63. The van der Waals surface area contributed by atoms with Crippen molar-refractivity contribution in [2.45, 2.75) is 380 Å². The first-order chi connectivity index (χ1) is 37.5. The van der Waals surface area contributed by atoms with Crippen molar-refractivity contribution in [1.29, 1.82) is 0 Å². The lowest BCUT2D eigenvalue weighted by atomic mass is 10.0. The summed E-state index contributed by atoms with van der Waals surface area (Å²) in [5, 5.41) is 0. The monoisotopic (exact) mass is 1070 g/mol. The predicted octanol–water partition coefficient (Wildman–Crippen LogP) is 23.2. The normalized spacial score (nSPS) is 12.2. The van der Waals surface area contributed by atoms with Crippen molar-refractivity contribution < 1.29 is 28.6 Å². The van der Waals surface area contributed by atoms with Crippen LogP contribution >= 0.6 is 0 Å². The van der Waals surface area contributed by atoms with Crippen LogP contribution in [-0.2, 0) is 28.6 Å². The minimum absolute atomic E-state index is 0.0681. The van der Waals surface area contributed by atoms with Crippen LogP contribution in [0.25, 0.3) is 0 Å². The Labute approximate surface area is 474 Å². The Hall–Kier alpha value is -2.37. The van der Waals surface area contributed by atoms with Gasteiger partial charge in [-0.25, -0.2) is 0 Å². The molecule has 0 aromatic heterocycles. The Bertz CT molecular complexity index is 1270. The van der Waals surface area contributed by atoms with Gasteiger partial charge in [-0.15, -0.1) is 0 Å². The van der Waals surface area contributed by atoms with Gasteiger partial charge in [-0.1, -0.05) is 314 Å². The highest BCUT2D eigenvalue weighted by molar-refractivity contribution is 5.71. The first-order valence-corrected chi connectivity index (χ1v) is 34.0. The standard InChI is InChI=1S/C70H130O6/c1-4-7-10-13-16-19-22-25-27-29-31-33-34-35-36-38-39-41-43-45-48-51-54-57-60-63-69(72)75-66-67(65-74-68(71)62-59-56-53-50-47-24-21-18-15-12-9-6-3)76-70(73)64-61-58-55-52-49-46-44-42-40-37-32-30-28-26-23-20-17-14-11-8-5-2/h22,25,29-32,67H,4-21,23-24,26-28,33-66H2,1-3H3/b25-22-,31-29-,32-30-. The van der Waals surface area contributed by atoms with E-state index in [1.807, 2.05) is 0 Å². The maximum Gasteiger partial charge on any atom is 0.306 e. The van der Waals surface area contributed by atoms with Gasteiger partial charge < -0.3 is 14.2 Å². The zero-order valence-electron chi connectivity index (χ0n) is 51.3. The lowest BCUT2D eigenvalue weighted by molar-refractivity contribution is -0.167. The summed E-state index contributed by atoms with van der Waals surface area (Å²) in [5.41, 5.74) is 0. The van der Waals surface area contributed by atoms with Gasteiger partial charge in [0.25, 0.3) is 0 Å². The molecule has 1 atom stereocenters. The first kappa shape index (κ1) is 73.6. The summed E-state index contributed by atoms with van der Waals surface area (Å²) in [6.45, 7) is 6.69. The van der Waals surface area contributed by atoms with Gasteiger partial charge in [0, 0.05) is 19.3 Å². The summed E-state index contributed by atoms with van der Waals surface area (Å²) < 4.78 is 17.0. The quantitative estimate of drug-likeness (QED) is 0.0261. The van der Waals surface area contributed by atoms with E-state index < -0.39 is 6.10 Å². The maximum absolute atomic E-state index is 12.9. The Morgan fingerprint density at radius 2 is 0.474 bits per heavy atom. The lowest BCUT2D eigenvalue weighted by Gasteiger charge is -2.18. The van der Waals surface area contributed by atoms with Crippen molar-refractivity contribution in [3.05, 3.63) is 36.5 Å². The number of ether oxygens (including phenoxy) is 3. The maximum atomic E-state index is 12.9. The van der Waals surface area contributed by atoms with Gasteiger partial charge in [0.05, 0.1) is 0 Å². The fourth-order valence-electron chi connectivity index (χ4n) is 10.2. The van der Waals surface area contributed by atoms with Gasteiger partial charge in [-0.3, -0.25) is 14.4 Å². The number of hydrogen-bond acceptors (Lipinski definition) is 6. The van der Waals surface area contributed by atoms with Gasteiger partial charge in [-0.2, -0.15) is 0 Å². The number of carbonyl (C=O) groups is 3. The highest BCUT2D eigenvalue weighted by Gasteiger charge is 2.19. The molecule has 0 saturated carbocycles. The molecule has 446 valence electrons. The van der Waals surface area contributed by atoms with E-state index in [4.69, 9.17) is 14.2 Å². The molecule has 0 aromatic carbocycles. The molecule has 0 bridgehead atoms. The van der Waals surface area contributed by atoms with Crippen LogP contribution in [0.3, 0.4) is 0 Å². The van der Waals surface area contributed by atoms with Crippen LogP contribution in [0.5, 0.6) is 0 Å². The van der Waals surface area contributed by atoms with Gasteiger partial charge in [-0.05, 0) is 77.0 Å². The topological polar surface area (TPSA) is 78.9 Å². The zero-order valence-corrected chi connectivity index (χ0v) is 51.3. The summed E-state index contributed by atoms with van der Waals surface area (Å²) in [5.74, 6) is -0.845. The van der Waals surface area contributed by atoms with Crippen molar-refractivity contribution in [3.8, 4) is 0 Å². The van der Waals surface area contributed by atoms with Crippen molar-refractivity contribution in [2.75, 3.05) is 13.2 Å². The van der Waals surface area contributed by atoms with Gasteiger partial charge in [0.15, 0.2) is 6.10 Å². The molecule has 0 aliphatic carbocycles. The van der Waals surface area contributed by atoms with Crippen LogP contribution in [0.1, 0.15) is 374 Å². The molecule has 0 N–H and O–H groups in total. The molecule has 1 unspecified atom stereocenters. The second-order valence-corrected chi connectivity index (χ2v) is 23.1. The molecular formula is C70H130O6. The van der Waals surface area contributed by atoms with E-state index in [0.29, 0.717) is 19.3 Å². The lowest BCUT2D eigenvalue weighted by Crippen LogP contribution is -2.30. The number of allylic oxidation sites excluding steroid dienone is 6. The van der Waals surface area contributed by atoms with Gasteiger partial charge in [0.1, 0.15) is 13.2 Å². The molecule has 0 aromatic rings. The van der Waals surface area contributed by atoms with E-state index in [9.17, 15) is 14.4 Å². The van der Waals surface area contributed by atoms with Crippen molar-refractivity contribution in [2.24, 2.45) is 0 Å². The third-order valence-corrected chi connectivity index (χ3v) is 15.4. The molecule has 0 fully saturated rings. The molecule has 0 amide bonds. The average Bonchev–Trinajstić information content (AvgIpc) is 3.42. The van der Waals surface area contributed by atoms with Crippen molar-refractivity contribution >= 4 is 17.9 Å². The van der Waals surface area contributed by atoms with E-state index in [0.717, 1.165) is 64.2 Å². The third-order valence-electron chi connectivity index (χ3n) is 15.4. The Morgan fingerprint density at radius 3 is 0.737 bits per heavy atom. The van der Waals surface area contributed by atoms with Crippen LogP contribution in [0.15, 0.2) is 36.5 Å². The number of carbonyl (C=O) groups excluding carboxylic acids is 3. The molecule has 0 radical (unpaired) electrons. The van der Waals surface area contributed by atoms with Crippen LogP contribution in [-0.4, -0.2) is 37.2 Å². The molecule has 76 heavy (non-hydrogen) atoms. The van der Waals surface area contributed by atoms with Crippen LogP contribution < -0.4 is 0 Å². The Balaban J connectivity index is 4.23. The molecule has 0 rings (SSSR count). The van der Waals surface area contributed by atoms with Crippen LogP contribution in [0, 0.1) is 0 Å². The highest BCUT2D eigenvalue weighted by atomic mass is 16.6. The van der Waals surface area contributed by atoms with Crippen LogP contribution in [0.2, 0.25) is 0 Å². The summed E-state index contributed by atoms with van der Waals surface area (Å²) >= 11 is 0. The summed E-state index contributed by atoms with van der Waals surface area (Å²) in [7, 11) is 0. The van der Waals surface area contributed by atoms with Crippen LogP contribution in [0.4, 0.5) is 0 Å². The first-order valence-electron chi connectivity index (χ1n) is 34.0. The summed E-state index contributed by atoms with van der Waals surface area (Å²) in [6, 6.07) is 0. The molecule has 0 saturated heterocycles. The summed E-state index contributed by atoms with van der Waals surface area (Å²) in [4.78, 5) is 38.3. The van der Waals surface area contributed by atoms with Crippen molar-refractivity contribution in [1.82, 2.24) is 0 Å². The van der Waals surface area contributed by atoms with E-state index in [1.165, 1.54) is 270 Å². The molecule has 0 aliphatic heterocycles. The van der Waals surface area contributed by atoms with E-state index in [-0.39, 0.29) is 31.1 Å². The molecule has 6 heteroatoms. The number of unbranched alkanes of at least 4 members (excludes halogenated alkanes) is 46. The zero-order chi connectivity index (χ0) is 55.0. The minimum atomic E-state index is -0.771. The van der Waals surface area contributed by atoms with E-state index in [1.54, 1.807) is 0 Å². The Kier molecular flexibility index (Phi) is 63.1. The Morgan fingerprint density at radius 1 is 0.263 bits per heavy atom. The molecule has 0 aliphatic rings. The summed E-state index contributed by atoms with van der Waals surface area (Å²) in [6.07, 6.45) is 80.2. The minimum Gasteiger partial charge on any atom is -0.462 e. The molecule has 0 spiro atoms. The molecule has 6 nitrogen and oxygen atoms in total. The van der Waals surface area contributed by atoms with E-state index >= 15 is 0 Å². The van der Waals surface area contributed by atoms with Gasteiger partial charge >= 0.3 is 17.9 Å². The fourth-order valence-corrected chi connectivity index (χ4v) is 10.2. The second-order valence-electron chi connectivity index (χ2n) is 23.1. The number of hydrogen-bond donors (Lipinski definition) is 0. The van der Waals surface area contributed by atoms with Crippen molar-refractivity contribution in [3.63, 3.8) is 0 Å². The number of esters is 3. The molecule has 0 heterocycles. The average molecular weight is 1070 g/mol. The van der Waals surface area contributed by atoms with Gasteiger partial charge in [0.2, 0.25) is 0 Å². The third kappa shape index (κ3) is 62.5. The smallest absolute Gasteiger partial charge is 0.306 e. The van der Waals surface area contributed by atoms with E-state index in [2.05, 4.69) is 57.2 Å². The highest BCUT2D eigenvalue weighted by Crippen LogP contribution is 2.18. The molecular weight excluding hydrogens is 937 g/mol. The SMILES string of the molecule is CCCCCCC/C=C\C/C=C\CCCCCCCCCCCCCCCC(=O)OCC(COC(=O)CCCCCCCCCCCCCC)OC(=O)CCCCCCCCCCC/C=C\CCCCCCCCCC. The fraction of sp³-hybridized carbons (Fsp3) is 0.871.